The molecule has 118 valence electrons. The quantitative estimate of drug-likeness (QED) is 0.717. The van der Waals surface area contributed by atoms with Crippen molar-refractivity contribution in [3.8, 4) is 5.75 Å². The molecule has 6 nitrogen and oxygen atoms in total. The number of hydrogen-bond donors (Lipinski definition) is 3. The summed E-state index contributed by atoms with van der Waals surface area (Å²) in [7, 11) is 0. The number of hydrogen-bond acceptors (Lipinski definition) is 4. The summed E-state index contributed by atoms with van der Waals surface area (Å²) in [5.74, 6) is 0.519. The molecule has 0 saturated carbocycles. The van der Waals surface area contributed by atoms with Crippen LogP contribution < -0.4 is 21.1 Å². The lowest BCUT2D eigenvalue weighted by Crippen LogP contribution is -2.46. The molecular weight excluding hydrogens is 282 g/mol. The fourth-order valence-electron chi connectivity index (χ4n) is 3.08. The van der Waals surface area contributed by atoms with Gasteiger partial charge in [0.15, 0.2) is 0 Å². The zero-order chi connectivity index (χ0) is 15.9. The van der Waals surface area contributed by atoms with Crippen LogP contribution in [0.3, 0.4) is 0 Å². The lowest BCUT2D eigenvalue weighted by atomic mass is 9.89. The molecule has 6 heteroatoms. The number of rotatable bonds is 2. The number of carbonyl (C=O) groups excluding carboxylic acids is 2. The topological polar surface area (TPSA) is 93.5 Å². The van der Waals surface area contributed by atoms with Gasteiger partial charge in [-0.2, -0.15) is 0 Å². The fourth-order valence-corrected chi connectivity index (χ4v) is 3.08. The molecule has 0 spiro atoms. The molecular formula is C16H21N3O3. The second-order valence-electron chi connectivity index (χ2n) is 6.58. The molecule has 1 saturated heterocycles. The van der Waals surface area contributed by atoms with Crippen molar-refractivity contribution in [2.45, 2.75) is 50.8 Å². The Morgan fingerprint density at radius 1 is 1.45 bits per heavy atom. The van der Waals surface area contributed by atoms with E-state index in [2.05, 4.69) is 10.6 Å². The summed E-state index contributed by atoms with van der Waals surface area (Å²) >= 11 is 0. The lowest BCUT2D eigenvalue weighted by molar-refractivity contribution is -0.126. The molecule has 1 aromatic carbocycles. The van der Waals surface area contributed by atoms with Gasteiger partial charge in [0.2, 0.25) is 11.8 Å². The number of nitrogen functional groups attached to an aromatic ring is 1. The van der Waals surface area contributed by atoms with Gasteiger partial charge in [-0.05, 0) is 38.5 Å². The Labute approximate surface area is 129 Å². The van der Waals surface area contributed by atoms with Gasteiger partial charge in [-0.1, -0.05) is 0 Å². The number of ether oxygens (including phenoxy) is 1. The number of anilines is 1. The van der Waals surface area contributed by atoms with Crippen molar-refractivity contribution in [2.24, 2.45) is 0 Å². The minimum Gasteiger partial charge on any atom is -0.487 e. The van der Waals surface area contributed by atoms with E-state index in [1.54, 1.807) is 6.07 Å². The molecule has 1 fully saturated rings. The maximum atomic E-state index is 12.4. The van der Waals surface area contributed by atoms with Crippen LogP contribution in [0, 0.1) is 0 Å². The van der Waals surface area contributed by atoms with Crippen LogP contribution in [0.25, 0.3) is 0 Å². The minimum atomic E-state index is -0.442. The summed E-state index contributed by atoms with van der Waals surface area (Å²) in [5.41, 5.74) is 7.00. The zero-order valence-electron chi connectivity index (χ0n) is 12.8. The third-order valence-electron chi connectivity index (χ3n) is 4.12. The van der Waals surface area contributed by atoms with E-state index in [4.69, 9.17) is 10.5 Å². The van der Waals surface area contributed by atoms with Gasteiger partial charge in [0.05, 0.1) is 6.04 Å². The van der Waals surface area contributed by atoms with Gasteiger partial charge in [0.25, 0.3) is 0 Å². The first-order valence-electron chi connectivity index (χ1n) is 7.52. The predicted molar refractivity (Wildman–Crippen MR) is 82.2 cm³/mol. The molecule has 0 aromatic heterocycles. The van der Waals surface area contributed by atoms with E-state index < -0.39 is 6.04 Å². The van der Waals surface area contributed by atoms with Crippen molar-refractivity contribution >= 4 is 17.5 Å². The van der Waals surface area contributed by atoms with Crippen molar-refractivity contribution in [3.05, 3.63) is 23.8 Å². The third kappa shape index (κ3) is 2.86. The molecule has 0 bridgehead atoms. The minimum absolute atomic E-state index is 0.0721. The molecule has 0 aliphatic carbocycles. The maximum absolute atomic E-state index is 12.4. The summed E-state index contributed by atoms with van der Waals surface area (Å²) < 4.78 is 5.95. The number of amides is 2. The summed E-state index contributed by atoms with van der Waals surface area (Å²) in [6, 6.07) is 4.84. The second-order valence-corrected chi connectivity index (χ2v) is 6.58. The normalized spacial score (nSPS) is 25.8. The number of carbonyl (C=O) groups is 2. The van der Waals surface area contributed by atoms with E-state index in [9.17, 15) is 9.59 Å². The van der Waals surface area contributed by atoms with Crippen molar-refractivity contribution in [3.63, 3.8) is 0 Å². The van der Waals surface area contributed by atoms with E-state index >= 15 is 0 Å². The molecule has 2 heterocycles. The highest BCUT2D eigenvalue weighted by molar-refractivity contribution is 5.91. The molecule has 22 heavy (non-hydrogen) atoms. The number of fused-ring (bicyclic) bond motifs is 1. The maximum Gasteiger partial charge on any atom is 0.243 e. The molecule has 2 atom stereocenters. The van der Waals surface area contributed by atoms with Crippen molar-refractivity contribution < 1.29 is 14.3 Å². The van der Waals surface area contributed by atoms with Crippen LogP contribution in [0.2, 0.25) is 0 Å². The van der Waals surface area contributed by atoms with Crippen LogP contribution in [0.1, 0.15) is 44.7 Å². The van der Waals surface area contributed by atoms with Gasteiger partial charge in [0.1, 0.15) is 17.4 Å². The average molecular weight is 303 g/mol. The van der Waals surface area contributed by atoms with Crippen LogP contribution >= 0.6 is 0 Å². The van der Waals surface area contributed by atoms with E-state index in [-0.39, 0.29) is 23.5 Å². The van der Waals surface area contributed by atoms with Crippen molar-refractivity contribution in [1.29, 1.82) is 0 Å². The van der Waals surface area contributed by atoms with E-state index in [0.29, 0.717) is 24.9 Å². The molecule has 3 rings (SSSR count). The Bertz CT molecular complexity index is 627. The molecule has 4 N–H and O–H groups in total. The van der Waals surface area contributed by atoms with Crippen LogP contribution in [0.4, 0.5) is 5.69 Å². The lowest BCUT2D eigenvalue weighted by Gasteiger charge is -2.38. The SMILES string of the molecule is CC1(C)CC(NC(=O)C2CCC(=O)N2)c2cc(N)ccc2O1. The Kier molecular flexibility index (Phi) is 3.47. The largest absolute Gasteiger partial charge is 0.487 e. The summed E-state index contributed by atoms with van der Waals surface area (Å²) in [6.45, 7) is 3.98. The van der Waals surface area contributed by atoms with Crippen LogP contribution in [0.5, 0.6) is 5.75 Å². The van der Waals surface area contributed by atoms with E-state index in [1.807, 2.05) is 26.0 Å². The summed E-state index contributed by atoms with van der Waals surface area (Å²) in [5, 5.41) is 5.72. The second kappa shape index (κ2) is 5.19. The summed E-state index contributed by atoms with van der Waals surface area (Å²) in [4.78, 5) is 23.6. The number of nitrogens with one attached hydrogen (secondary N) is 2. The average Bonchev–Trinajstić information content (AvgIpc) is 2.85. The van der Waals surface area contributed by atoms with Crippen LogP contribution in [-0.2, 0) is 9.59 Å². The Hall–Kier alpha value is -2.24. The number of benzene rings is 1. The molecule has 2 aliphatic rings. The van der Waals surface area contributed by atoms with Gasteiger partial charge < -0.3 is 21.1 Å². The Morgan fingerprint density at radius 3 is 2.91 bits per heavy atom. The number of nitrogens with two attached hydrogens (primary N) is 1. The van der Waals surface area contributed by atoms with Crippen molar-refractivity contribution in [1.82, 2.24) is 10.6 Å². The van der Waals surface area contributed by atoms with Gasteiger partial charge in [-0.25, -0.2) is 0 Å². The molecule has 2 unspecified atom stereocenters. The smallest absolute Gasteiger partial charge is 0.243 e. The van der Waals surface area contributed by atoms with Crippen LogP contribution in [-0.4, -0.2) is 23.5 Å². The highest BCUT2D eigenvalue weighted by atomic mass is 16.5. The molecule has 2 amide bonds. The third-order valence-corrected chi connectivity index (χ3v) is 4.12. The van der Waals surface area contributed by atoms with Gasteiger partial charge in [0, 0.05) is 24.1 Å². The van der Waals surface area contributed by atoms with Crippen molar-refractivity contribution in [2.75, 3.05) is 5.73 Å². The van der Waals surface area contributed by atoms with E-state index in [1.165, 1.54) is 0 Å². The van der Waals surface area contributed by atoms with Crippen LogP contribution in [0.15, 0.2) is 18.2 Å². The highest BCUT2D eigenvalue weighted by Gasteiger charge is 2.36. The Balaban J connectivity index is 1.82. The predicted octanol–water partition coefficient (Wildman–Crippen LogP) is 1.27. The zero-order valence-corrected chi connectivity index (χ0v) is 12.8. The molecule has 0 radical (unpaired) electrons. The monoisotopic (exact) mass is 303 g/mol. The van der Waals surface area contributed by atoms with Gasteiger partial charge in [-0.3, -0.25) is 9.59 Å². The van der Waals surface area contributed by atoms with Gasteiger partial charge in [-0.15, -0.1) is 0 Å². The first kappa shape index (κ1) is 14.7. The van der Waals surface area contributed by atoms with Gasteiger partial charge >= 0.3 is 0 Å². The molecule has 2 aliphatic heterocycles. The summed E-state index contributed by atoms with van der Waals surface area (Å²) in [6.07, 6.45) is 1.60. The fraction of sp³-hybridized carbons (Fsp3) is 0.500. The standard InChI is InChI=1S/C16H21N3O3/c1-16(2)8-12(10-7-9(17)3-5-13(10)22-16)19-15(21)11-4-6-14(20)18-11/h3,5,7,11-12H,4,6,8,17H2,1-2H3,(H,18,20)(H,19,21). The first-order valence-corrected chi connectivity index (χ1v) is 7.52. The Morgan fingerprint density at radius 2 is 2.23 bits per heavy atom. The highest BCUT2D eigenvalue weighted by Crippen LogP contribution is 2.40. The molecule has 1 aromatic rings. The first-order chi connectivity index (χ1) is 10.3. The van der Waals surface area contributed by atoms with E-state index in [0.717, 1.165) is 11.3 Å².